The summed E-state index contributed by atoms with van der Waals surface area (Å²) in [4.78, 5) is 0. The molecule has 0 heterocycles. The first kappa shape index (κ1) is 18.8. The quantitative estimate of drug-likeness (QED) is 0.423. The molecule has 1 atom stereocenters. The minimum atomic E-state index is -1.64. The van der Waals surface area contributed by atoms with E-state index in [-0.39, 0.29) is 0 Å². The second-order valence-electron chi connectivity index (χ2n) is 4.57. The van der Waals surface area contributed by atoms with Crippen LogP contribution in [0.5, 0.6) is 0 Å². The lowest BCUT2D eigenvalue weighted by Gasteiger charge is -2.23. The second-order valence-corrected chi connectivity index (χ2v) is 9.57. The van der Waals surface area contributed by atoms with Crippen LogP contribution in [-0.4, -0.2) is 0 Å². The second kappa shape index (κ2) is 7.15. The molecule has 0 saturated heterocycles. The van der Waals surface area contributed by atoms with Crippen LogP contribution in [0.25, 0.3) is 0 Å². The Morgan fingerprint density at radius 1 is 0.727 bits per heavy atom. The summed E-state index contributed by atoms with van der Waals surface area (Å²) in [6.45, 7) is 0. The molecule has 0 nitrogen and oxygen atoms in total. The normalized spacial score (nSPS) is 14.0. The van der Waals surface area contributed by atoms with E-state index in [0.29, 0.717) is 16.7 Å². The fourth-order valence-corrected chi connectivity index (χ4v) is 3.20. The summed E-state index contributed by atoms with van der Waals surface area (Å²) in [6.07, 6.45) is 0. The smallest absolute Gasteiger partial charge is 0.113 e. The summed E-state index contributed by atoms with van der Waals surface area (Å²) in [5.41, 5.74) is 2.32. The third-order valence-electron chi connectivity index (χ3n) is 3.05. The van der Waals surface area contributed by atoms with Gasteiger partial charge in [0, 0.05) is 11.1 Å². The molecule has 0 saturated carbocycles. The standard InChI is InChI=1S/C15H9Cl7/c16-13(9-4-2-1-3-5-9)11-8-10(14(17,18)19)6-7-12(11)15(20,21)22/h1-8,13H. The molecule has 0 aromatic heterocycles. The predicted octanol–water partition coefficient (Wildman–Crippen LogP) is 7.67. The summed E-state index contributed by atoms with van der Waals surface area (Å²) in [6, 6.07) is 14.2. The number of rotatable bonds is 2. The fraction of sp³-hybridized carbons (Fsp3) is 0.200. The third-order valence-corrected chi connectivity index (χ3v) is 4.80. The lowest BCUT2D eigenvalue weighted by atomic mass is 9.97. The van der Waals surface area contributed by atoms with Crippen molar-refractivity contribution in [2.75, 3.05) is 0 Å². The van der Waals surface area contributed by atoms with Crippen molar-refractivity contribution in [3.63, 3.8) is 0 Å². The van der Waals surface area contributed by atoms with Crippen LogP contribution < -0.4 is 0 Å². The SMILES string of the molecule is ClC(c1ccccc1)c1cc(C(Cl)(Cl)Cl)ccc1C(Cl)(Cl)Cl. The number of hydrogen-bond acceptors (Lipinski definition) is 0. The molecule has 2 aromatic carbocycles. The van der Waals surface area contributed by atoms with Gasteiger partial charge in [0.25, 0.3) is 0 Å². The molecular weight excluding hydrogens is 428 g/mol. The molecule has 0 aliphatic carbocycles. The Bertz CT molecular complexity index is 641. The molecule has 0 aliphatic heterocycles. The van der Waals surface area contributed by atoms with Crippen LogP contribution in [0.1, 0.15) is 27.6 Å². The van der Waals surface area contributed by atoms with Gasteiger partial charge < -0.3 is 0 Å². The Hall–Kier alpha value is 0.470. The highest BCUT2D eigenvalue weighted by atomic mass is 35.6. The molecule has 0 bridgehead atoms. The van der Waals surface area contributed by atoms with Crippen molar-refractivity contribution in [3.05, 3.63) is 70.8 Å². The first-order valence-corrected chi connectivity index (χ1v) is 8.78. The number of halogens is 7. The zero-order valence-electron chi connectivity index (χ0n) is 10.8. The van der Waals surface area contributed by atoms with Crippen LogP contribution in [-0.2, 0) is 7.59 Å². The highest BCUT2D eigenvalue weighted by Gasteiger charge is 2.32. The van der Waals surface area contributed by atoms with Gasteiger partial charge in [-0.3, -0.25) is 0 Å². The molecule has 2 rings (SSSR count). The van der Waals surface area contributed by atoms with Crippen molar-refractivity contribution in [1.29, 1.82) is 0 Å². The highest BCUT2D eigenvalue weighted by Crippen LogP contribution is 2.47. The summed E-state index contributed by atoms with van der Waals surface area (Å²) in [7, 11) is 0. The molecule has 118 valence electrons. The molecule has 2 aromatic rings. The summed E-state index contributed by atoms with van der Waals surface area (Å²) < 4.78 is -3.22. The fourth-order valence-electron chi connectivity index (χ4n) is 2.01. The van der Waals surface area contributed by atoms with E-state index >= 15 is 0 Å². The molecule has 7 heteroatoms. The van der Waals surface area contributed by atoms with Crippen LogP contribution in [0.3, 0.4) is 0 Å². The molecule has 0 radical (unpaired) electrons. The first-order chi connectivity index (χ1) is 10.1. The van der Waals surface area contributed by atoms with Gasteiger partial charge in [-0.15, -0.1) is 11.6 Å². The van der Waals surface area contributed by atoms with Crippen LogP contribution in [0.2, 0.25) is 0 Å². The van der Waals surface area contributed by atoms with Crippen LogP contribution >= 0.6 is 81.2 Å². The minimum absolute atomic E-state index is 0.444. The molecule has 1 unspecified atom stereocenters. The zero-order valence-corrected chi connectivity index (χ0v) is 16.1. The van der Waals surface area contributed by atoms with E-state index in [0.717, 1.165) is 5.56 Å². The Labute approximate surface area is 164 Å². The molecule has 0 spiro atoms. The van der Waals surface area contributed by atoms with Gasteiger partial charge in [-0.25, -0.2) is 0 Å². The Kier molecular flexibility index (Phi) is 6.11. The first-order valence-electron chi connectivity index (χ1n) is 6.08. The van der Waals surface area contributed by atoms with Crippen LogP contribution in [0.15, 0.2) is 48.5 Å². The van der Waals surface area contributed by atoms with Crippen molar-refractivity contribution in [3.8, 4) is 0 Å². The van der Waals surface area contributed by atoms with E-state index in [1.807, 2.05) is 30.3 Å². The molecule has 0 amide bonds. The van der Waals surface area contributed by atoms with Gasteiger partial charge in [0.1, 0.15) is 0 Å². The van der Waals surface area contributed by atoms with E-state index in [1.165, 1.54) is 0 Å². The van der Waals surface area contributed by atoms with Crippen molar-refractivity contribution < 1.29 is 0 Å². The molecule has 0 N–H and O–H groups in total. The van der Waals surface area contributed by atoms with E-state index in [9.17, 15) is 0 Å². The Morgan fingerprint density at radius 2 is 1.32 bits per heavy atom. The van der Waals surface area contributed by atoms with Crippen molar-refractivity contribution in [2.24, 2.45) is 0 Å². The van der Waals surface area contributed by atoms with Gasteiger partial charge in [0.2, 0.25) is 7.59 Å². The maximum Gasteiger partial charge on any atom is 0.216 e. The topological polar surface area (TPSA) is 0 Å². The lowest BCUT2D eigenvalue weighted by Crippen LogP contribution is -2.10. The lowest BCUT2D eigenvalue weighted by molar-refractivity contribution is 1.05. The summed E-state index contributed by atoms with van der Waals surface area (Å²) >= 11 is 42.5. The molecule has 0 aliphatic rings. The molecule has 0 fully saturated rings. The van der Waals surface area contributed by atoms with Gasteiger partial charge in [0.05, 0.1) is 5.38 Å². The average Bonchev–Trinajstić information content (AvgIpc) is 2.45. The van der Waals surface area contributed by atoms with Gasteiger partial charge in [-0.1, -0.05) is 112 Å². The molecule has 22 heavy (non-hydrogen) atoms. The van der Waals surface area contributed by atoms with E-state index < -0.39 is 13.0 Å². The van der Waals surface area contributed by atoms with E-state index in [1.54, 1.807) is 18.2 Å². The zero-order chi connectivity index (χ0) is 16.5. The Balaban J connectivity index is 2.60. The monoisotopic (exact) mass is 434 g/mol. The maximum atomic E-state index is 6.56. The van der Waals surface area contributed by atoms with Crippen LogP contribution in [0, 0.1) is 0 Å². The maximum absolute atomic E-state index is 6.56. The van der Waals surface area contributed by atoms with E-state index in [2.05, 4.69) is 0 Å². The molecular formula is C15H9Cl7. The van der Waals surface area contributed by atoms with Gasteiger partial charge in [-0.05, 0) is 17.2 Å². The van der Waals surface area contributed by atoms with Crippen molar-refractivity contribution in [1.82, 2.24) is 0 Å². The summed E-state index contributed by atoms with van der Waals surface area (Å²) in [5, 5.41) is -0.542. The third kappa shape index (κ3) is 4.51. The van der Waals surface area contributed by atoms with Crippen molar-refractivity contribution >= 4 is 81.2 Å². The van der Waals surface area contributed by atoms with Gasteiger partial charge in [0.15, 0.2) is 0 Å². The number of alkyl halides is 7. The van der Waals surface area contributed by atoms with Crippen molar-refractivity contribution in [2.45, 2.75) is 13.0 Å². The largest absolute Gasteiger partial charge is 0.216 e. The number of hydrogen-bond donors (Lipinski definition) is 0. The summed E-state index contributed by atoms with van der Waals surface area (Å²) in [5.74, 6) is 0. The van der Waals surface area contributed by atoms with Gasteiger partial charge >= 0.3 is 0 Å². The minimum Gasteiger partial charge on any atom is -0.113 e. The van der Waals surface area contributed by atoms with E-state index in [4.69, 9.17) is 81.2 Å². The average molecular weight is 437 g/mol. The number of benzene rings is 2. The predicted molar refractivity (Wildman–Crippen MR) is 99.1 cm³/mol. The van der Waals surface area contributed by atoms with Gasteiger partial charge in [-0.2, -0.15) is 0 Å². The van der Waals surface area contributed by atoms with Crippen LogP contribution in [0.4, 0.5) is 0 Å². The highest BCUT2D eigenvalue weighted by molar-refractivity contribution is 6.67. The Morgan fingerprint density at radius 3 is 1.82 bits per heavy atom.